The molecule has 7 nitrogen and oxygen atoms in total. The SMILES string of the molecule is NC(=N\O)/C(=N\O)c1nc2ccccc2[nH]1. The zero-order chi connectivity index (χ0) is 11.5. The number of hydrogen-bond donors (Lipinski definition) is 4. The van der Waals surface area contributed by atoms with Crippen molar-refractivity contribution in [3.63, 3.8) is 0 Å². The van der Waals surface area contributed by atoms with Gasteiger partial charge in [-0.15, -0.1) is 0 Å². The van der Waals surface area contributed by atoms with Crippen LogP contribution in [0.5, 0.6) is 0 Å². The van der Waals surface area contributed by atoms with Crippen LogP contribution in [-0.4, -0.2) is 31.9 Å². The third-order valence-corrected chi connectivity index (χ3v) is 2.06. The Hall–Kier alpha value is -2.57. The van der Waals surface area contributed by atoms with E-state index in [1.807, 2.05) is 18.2 Å². The first-order valence-electron chi connectivity index (χ1n) is 4.41. The highest BCUT2D eigenvalue weighted by Crippen LogP contribution is 2.10. The van der Waals surface area contributed by atoms with Crippen molar-refractivity contribution in [2.45, 2.75) is 0 Å². The number of H-pyrrole nitrogens is 1. The van der Waals surface area contributed by atoms with Crippen molar-refractivity contribution in [3.8, 4) is 0 Å². The first-order chi connectivity index (χ1) is 7.76. The smallest absolute Gasteiger partial charge is 0.196 e. The summed E-state index contributed by atoms with van der Waals surface area (Å²) in [5.41, 5.74) is 6.68. The van der Waals surface area contributed by atoms with Crippen molar-refractivity contribution in [1.82, 2.24) is 9.97 Å². The number of imidazole rings is 1. The van der Waals surface area contributed by atoms with Crippen LogP contribution in [-0.2, 0) is 0 Å². The Bertz CT molecular complexity index is 539. The monoisotopic (exact) mass is 219 g/mol. The predicted molar refractivity (Wildman–Crippen MR) is 57.8 cm³/mol. The maximum Gasteiger partial charge on any atom is 0.196 e. The number of rotatable bonds is 2. The van der Waals surface area contributed by atoms with Crippen LogP contribution >= 0.6 is 0 Å². The third-order valence-electron chi connectivity index (χ3n) is 2.06. The normalized spacial score (nSPS) is 13.2. The molecule has 0 spiro atoms. The van der Waals surface area contributed by atoms with Gasteiger partial charge < -0.3 is 21.1 Å². The van der Waals surface area contributed by atoms with Crippen molar-refractivity contribution in [1.29, 1.82) is 0 Å². The summed E-state index contributed by atoms with van der Waals surface area (Å²) in [4.78, 5) is 7.02. The zero-order valence-corrected chi connectivity index (χ0v) is 8.12. The highest BCUT2D eigenvalue weighted by Gasteiger charge is 2.14. The fourth-order valence-electron chi connectivity index (χ4n) is 1.33. The first kappa shape index (κ1) is 9.97. The summed E-state index contributed by atoms with van der Waals surface area (Å²) in [7, 11) is 0. The van der Waals surface area contributed by atoms with Crippen LogP contribution in [0.3, 0.4) is 0 Å². The molecule has 0 amide bonds. The molecule has 0 fully saturated rings. The summed E-state index contributed by atoms with van der Waals surface area (Å²) in [5, 5.41) is 22.9. The van der Waals surface area contributed by atoms with Crippen LogP contribution in [0.25, 0.3) is 11.0 Å². The van der Waals surface area contributed by atoms with Gasteiger partial charge in [-0.1, -0.05) is 22.4 Å². The lowest BCUT2D eigenvalue weighted by atomic mass is 10.3. The van der Waals surface area contributed by atoms with Gasteiger partial charge >= 0.3 is 0 Å². The topological polar surface area (TPSA) is 120 Å². The lowest BCUT2D eigenvalue weighted by Crippen LogP contribution is -2.25. The van der Waals surface area contributed by atoms with E-state index in [-0.39, 0.29) is 17.4 Å². The number of nitrogens with zero attached hydrogens (tertiary/aromatic N) is 3. The van der Waals surface area contributed by atoms with Gasteiger partial charge in [0, 0.05) is 0 Å². The lowest BCUT2D eigenvalue weighted by Gasteiger charge is -1.96. The molecule has 16 heavy (non-hydrogen) atoms. The van der Waals surface area contributed by atoms with E-state index < -0.39 is 0 Å². The molecule has 0 aliphatic rings. The summed E-state index contributed by atoms with van der Waals surface area (Å²) in [6.07, 6.45) is 0. The molecule has 0 aliphatic carbocycles. The minimum Gasteiger partial charge on any atom is -0.410 e. The molecule has 0 aliphatic heterocycles. The van der Waals surface area contributed by atoms with Gasteiger partial charge in [-0.3, -0.25) is 0 Å². The number of para-hydroxylation sites is 2. The van der Waals surface area contributed by atoms with Crippen LogP contribution in [0.2, 0.25) is 0 Å². The molecule has 7 heteroatoms. The molecule has 1 aromatic heterocycles. The molecule has 0 atom stereocenters. The van der Waals surface area contributed by atoms with Crippen molar-refractivity contribution in [2.75, 3.05) is 0 Å². The number of fused-ring (bicyclic) bond motifs is 1. The molecule has 0 saturated carbocycles. The van der Waals surface area contributed by atoms with Gasteiger partial charge in [0.1, 0.15) is 0 Å². The number of oxime groups is 2. The summed E-state index contributed by atoms with van der Waals surface area (Å²) in [6.45, 7) is 0. The van der Waals surface area contributed by atoms with E-state index in [9.17, 15) is 0 Å². The van der Waals surface area contributed by atoms with E-state index >= 15 is 0 Å². The van der Waals surface area contributed by atoms with E-state index in [1.165, 1.54) is 0 Å². The Labute approximate surface area is 89.9 Å². The number of nitrogens with one attached hydrogen (secondary N) is 1. The molecule has 0 radical (unpaired) electrons. The molecular formula is C9H9N5O2. The number of aromatic nitrogens is 2. The van der Waals surface area contributed by atoms with Gasteiger partial charge in [-0.25, -0.2) is 4.98 Å². The zero-order valence-electron chi connectivity index (χ0n) is 8.12. The maximum absolute atomic E-state index is 8.76. The molecule has 2 rings (SSSR count). The molecule has 1 aromatic carbocycles. The number of amidine groups is 1. The lowest BCUT2D eigenvalue weighted by molar-refractivity contribution is 0.313. The summed E-state index contributed by atoms with van der Waals surface area (Å²) in [6, 6.07) is 7.26. The van der Waals surface area contributed by atoms with Gasteiger partial charge in [0.2, 0.25) is 0 Å². The van der Waals surface area contributed by atoms with Crippen molar-refractivity contribution < 1.29 is 10.4 Å². The Morgan fingerprint density at radius 3 is 2.62 bits per heavy atom. The second kappa shape index (κ2) is 3.89. The first-order valence-corrected chi connectivity index (χ1v) is 4.41. The van der Waals surface area contributed by atoms with Gasteiger partial charge in [0.25, 0.3) is 0 Å². The maximum atomic E-state index is 8.76. The fraction of sp³-hybridized carbons (Fsp3) is 0. The average molecular weight is 219 g/mol. The second-order valence-electron chi connectivity index (χ2n) is 3.04. The molecular weight excluding hydrogens is 210 g/mol. The molecule has 0 bridgehead atoms. The Kier molecular flexibility index (Phi) is 2.42. The van der Waals surface area contributed by atoms with Crippen LogP contribution in [0, 0.1) is 0 Å². The Balaban J connectivity index is 2.55. The second-order valence-corrected chi connectivity index (χ2v) is 3.04. The fourth-order valence-corrected chi connectivity index (χ4v) is 1.33. The van der Waals surface area contributed by atoms with E-state index in [2.05, 4.69) is 20.3 Å². The average Bonchev–Trinajstić information content (AvgIpc) is 2.72. The highest BCUT2D eigenvalue weighted by molar-refractivity contribution is 6.46. The summed E-state index contributed by atoms with van der Waals surface area (Å²) < 4.78 is 0. The number of aromatic amines is 1. The number of nitrogens with two attached hydrogens (primary N) is 1. The standard InChI is InChI=1S/C9H9N5O2/c10-8(14-16)7(13-15)9-11-5-3-1-2-4-6(5)12-9/h1-4,15-16H,(H2,10,14)(H,11,12)/b13-7+. The van der Waals surface area contributed by atoms with Crippen LogP contribution in [0.15, 0.2) is 34.6 Å². The quantitative estimate of drug-likeness (QED) is 0.254. The molecule has 5 N–H and O–H groups in total. The van der Waals surface area contributed by atoms with E-state index in [1.54, 1.807) is 6.07 Å². The molecule has 2 aromatic rings. The van der Waals surface area contributed by atoms with Gasteiger partial charge in [-0.05, 0) is 12.1 Å². The van der Waals surface area contributed by atoms with Crippen molar-refractivity contribution in [3.05, 3.63) is 30.1 Å². The largest absolute Gasteiger partial charge is 0.410 e. The summed E-state index contributed by atoms with van der Waals surface area (Å²) >= 11 is 0. The number of hydrogen-bond acceptors (Lipinski definition) is 5. The van der Waals surface area contributed by atoms with E-state index in [0.29, 0.717) is 5.52 Å². The Morgan fingerprint density at radius 2 is 2.00 bits per heavy atom. The van der Waals surface area contributed by atoms with Gasteiger partial charge in [0.15, 0.2) is 17.4 Å². The molecule has 0 unspecified atom stereocenters. The van der Waals surface area contributed by atoms with Crippen LogP contribution < -0.4 is 5.73 Å². The van der Waals surface area contributed by atoms with Crippen molar-refractivity contribution >= 4 is 22.6 Å². The van der Waals surface area contributed by atoms with Crippen LogP contribution in [0.4, 0.5) is 0 Å². The third kappa shape index (κ3) is 1.54. The summed E-state index contributed by atoms with van der Waals surface area (Å²) in [5.74, 6) is -0.0828. The minimum atomic E-state index is -0.318. The predicted octanol–water partition coefficient (Wildman–Crippen LogP) is 0.488. The van der Waals surface area contributed by atoms with Crippen molar-refractivity contribution in [2.24, 2.45) is 16.0 Å². The van der Waals surface area contributed by atoms with Gasteiger partial charge in [0.05, 0.1) is 11.0 Å². The highest BCUT2D eigenvalue weighted by atomic mass is 16.4. The molecule has 1 heterocycles. The van der Waals surface area contributed by atoms with E-state index in [0.717, 1.165) is 5.52 Å². The minimum absolute atomic E-state index is 0.112. The molecule has 82 valence electrons. The molecule has 0 saturated heterocycles. The number of benzene rings is 1. The van der Waals surface area contributed by atoms with Crippen LogP contribution in [0.1, 0.15) is 5.82 Å². The van der Waals surface area contributed by atoms with Gasteiger partial charge in [-0.2, -0.15) is 0 Å². The Morgan fingerprint density at radius 1 is 1.25 bits per heavy atom. The van der Waals surface area contributed by atoms with E-state index in [4.69, 9.17) is 16.1 Å².